The number of rotatable bonds is 6. The average Bonchev–Trinajstić information content (AvgIpc) is 3.23. The lowest BCUT2D eigenvalue weighted by Crippen LogP contribution is -2.30. The second-order valence-corrected chi connectivity index (χ2v) is 7.08. The quantitative estimate of drug-likeness (QED) is 0.561. The molecule has 1 unspecified atom stereocenters. The summed E-state index contributed by atoms with van der Waals surface area (Å²) in [7, 11) is 0. The SMILES string of the molecule is CCCCCN1C(=O)c2[nH]nc(-c3ccccc3O)c2C1c1ccc(O)cc1. The lowest BCUT2D eigenvalue weighted by atomic mass is 9.95. The number of unbranched alkanes of at least 4 members (excludes halogenated alkanes) is 2. The highest BCUT2D eigenvalue weighted by atomic mass is 16.3. The Hall–Kier alpha value is -3.28. The molecule has 3 aromatic rings. The third-order valence-corrected chi connectivity index (χ3v) is 5.23. The van der Waals surface area contributed by atoms with E-state index in [0.717, 1.165) is 30.4 Å². The van der Waals surface area contributed by atoms with Crippen LogP contribution in [0, 0.1) is 0 Å². The maximum Gasteiger partial charge on any atom is 0.273 e. The number of carbonyl (C=O) groups is 1. The molecule has 0 spiro atoms. The predicted octanol–water partition coefficient (Wildman–Crippen LogP) is 4.22. The minimum absolute atomic E-state index is 0.0849. The summed E-state index contributed by atoms with van der Waals surface area (Å²) in [5, 5.41) is 27.3. The number of aromatic amines is 1. The lowest BCUT2D eigenvalue weighted by Gasteiger charge is -2.26. The zero-order chi connectivity index (χ0) is 19.7. The molecule has 3 N–H and O–H groups in total. The Morgan fingerprint density at radius 1 is 1.07 bits per heavy atom. The van der Waals surface area contributed by atoms with Gasteiger partial charge in [-0.2, -0.15) is 5.10 Å². The molecular weight excluding hydrogens is 354 g/mol. The Labute approximate surface area is 163 Å². The van der Waals surface area contributed by atoms with Gasteiger partial charge in [0.25, 0.3) is 5.91 Å². The largest absolute Gasteiger partial charge is 0.508 e. The summed E-state index contributed by atoms with van der Waals surface area (Å²) in [6.07, 6.45) is 3.03. The summed E-state index contributed by atoms with van der Waals surface area (Å²) in [6, 6.07) is 13.6. The fourth-order valence-electron chi connectivity index (χ4n) is 3.84. The van der Waals surface area contributed by atoms with Crippen LogP contribution in [0.1, 0.15) is 53.8 Å². The van der Waals surface area contributed by atoms with E-state index in [2.05, 4.69) is 17.1 Å². The molecule has 2 heterocycles. The molecule has 0 saturated heterocycles. The molecule has 28 heavy (non-hydrogen) atoms. The highest BCUT2D eigenvalue weighted by Crippen LogP contribution is 2.44. The fourth-order valence-corrected chi connectivity index (χ4v) is 3.84. The second kappa shape index (κ2) is 7.38. The van der Waals surface area contributed by atoms with E-state index in [1.807, 2.05) is 23.1 Å². The first-order valence-corrected chi connectivity index (χ1v) is 9.58. The van der Waals surface area contributed by atoms with Crippen LogP contribution < -0.4 is 0 Å². The van der Waals surface area contributed by atoms with E-state index in [4.69, 9.17) is 0 Å². The van der Waals surface area contributed by atoms with Gasteiger partial charge in [-0.1, -0.05) is 44.0 Å². The van der Waals surface area contributed by atoms with Crippen molar-refractivity contribution in [3.63, 3.8) is 0 Å². The zero-order valence-electron chi connectivity index (χ0n) is 15.7. The first-order chi connectivity index (χ1) is 13.6. The summed E-state index contributed by atoms with van der Waals surface area (Å²) < 4.78 is 0. The van der Waals surface area contributed by atoms with Crippen LogP contribution in [0.4, 0.5) is 0 Å². The smallest absolute Gasteiger partial charge is 0.273 e. The van der Waals surface area contributed by atoms with Crippen LogP contribution in [0.3, 0.4) is 0 Å². The van der Waals surface area contributed by atoms with Crippen LogP contribution in [0.25, 0.3) is 11.3 Å². The zero-order valence-corrected chi connectivity index (χ0v) is 15.7. The first-order valence-electron chi connectivity index (χ1n) is 9.58. The molecule has 1 aliphatic heterocycles. The Balaban J connectivity index is 1.83. The van der Waals surface area contributed by atoms with Crippen LogP contribution in [-0.2, 0) is 0 Å². The topological polar surface area (TPSA) is 89.5 Å². The number of phenolic OH excluding ortho intramolecular Hbond substituents is 2. The number of fused-ring (bicyclic) bond motifs is 1. The van der Waals surface area contributed by atoms with Crippen LogP contribution in [0.5, 0.6) is 11.5 Å². The third kappa shape index (κ3) is 3.01. The average molecular weight is 377 g/mol. The van der Waals surface area contributed by atoms with Gasteiger partial charge in [-0.05, 0) is 36.2 Å². The van der Waals surface area contributed by atoms with Crippen molar-refractivity contribution in [2.24, 2.45) is 0 Å². The Morgan fingerprint density at radius 3 is 2.54 bits per heavy atom. The minimum atomic E-state index is -0.312. The molecule has 144 valence electrons. The van der Waals surface area contributed by atoms with E-state index >= 15 is 0 Å². The normalized spacial score (nSPS) is 15.8. The number of benzene rings is 2. The summed E-state index contributed by atoms with van der Waals surface area (Å²) in [5.74, 6) is 0.218. The lowest BCUT2D eigenvalue weighted by molar-refractivity contribution is 0.0740. The standard InChI is InChI=1S/C22H23N3O3/c1-2-3-6-13-25-21(14-9-11-15(26)12-10-14)18-19(23-24-20(18)22(25)28)16-7-4-5-8-17(16)27/h4-5,7-12,21,26-27H,2-3,6,13H2,1H3,(H,23,24). The highest BCUT2D eigenvalue weighted by molar-refractivity contribution is 6.00. The van der Waals surface area contributed by atoms with Gasteiger partial charge >= 0.3 is 0 Å². The second-order valence-electron chi connectivity index (χ2n) is 7.08. The van der Waals surface area contributed by atoms with Crippen molar-refractivity contribution >= 4 is 5.91 Å². The van der Waals surface area contributed by atoms with Gasteiger partial charge in [-0.25, -0.2) is 0 Å². The van der Waals surface area contributed by atoms with Gasteiger partial charge < -0.3 is 15.1 Å². The number of phenols is 2. The van der Waals surface area contributed by atoms with Crippen molar-refractivity contribution < 1.29 is 15.0 Å². The van der Waals surface area contributed by atoms with Gasteiger partial charge in [0.15, 0.2) is 0 Å². The molecule has 0 radical (unpaired) electrons. The molecule has 1 atom stereocenters. The molecule has 2 aromatic carbocycles. The minimum Gasteiger partial charge on any atom is -0.508 e. The number of aromatic nitrogens is 2. The maximum absolute atomic E-state index is 13.1. The number of para-hydroxylation sites is 1. The summed E-state index contributed by atoms with van der Waals surface area (Å²) in [4.78, 5) is 15.0. The van der Waals surface area contributed by atoms with E-state index in [-0.39, 0.29) is 23.4 Å². The summed E-state index contributed by atoms with van der Waals surface area (Å²) >= 11 is 0. The molecule has 4 rings (SSSR count). The molecule has 1 amide bonds. The highest BCUT2D eigenvalue weighted by Gasteiger charge is 2.42. The van der Waals surface area contributed by atoms with Crippen LogP contribution in [0.15, 0.2) is 48.5 Å². The molecule has 0 bridgehead atoms. The van der Waals surface area contributed by atoms with Gasteiger partial charge in [0, 0.05) is 17.7 Å². The van der Waals surface area contributed by atoms with Gasteiger partial charge in [-0.3, -0.25) is 9.89 Å². The first kappa shape index (κ1) is 18.1. The van der Waals surface area contributed by atoms with E-state index in [0.29, 0.717) is 23.5 Å². The molecule has 1 aromatic heterocycles. The Morgan fingerprint density at radius 2 is 1.82 bits per heavy atom. The fraction of sp³-hybridized carbons (Fsp3) is 0.273. The predicted molar refractivity (Wildman–Crippen MR) is 106 cm³/mol. The van der Waals surface area contributed by atoms with Crippen molar-refractivity contribution in [2.75, 3.05) is 6.54 Å². The number of carbonyl (C=O) groups excluding carboxylic acids is 1. The van der Waals surface area contributed by atoms with Crippen molar-refractivity contribution in [1.29, 1.82) is 0 Å². The number of nitrogens with one attached hydrogen (secondary N) is 1. The number of aromatic hydroxyl groups is 2. The molecule has 1 aliphatic rings. The van der Waals surface area contributed by atoms with Crippen LogP contribution >= 0.6 is 0 Å². The Bertz CT molecular complexity index is 995. The van der Waals surface area contributed by atoms with Crippen LogP contribution in [0.2, 0.25) is 0 Å². The number of amides is 1. The van der Waals surface area contributed by atoms with Crippen molar-refractivity contribution in [1.82, 2.24) is 15.1 Å². The van der Waals surface area contributed by atoms with E-state index in [9.17, 15) is 15.0 Å². The molecular formula is C22H23N3O3. The Kier molecular flexibility index (Phi) is 4.77. The molecule has 6 heteroatoms. The molecule has 0 aliphatic carbocycles. The number of hydrogen-bond acceptors (Lipinski definition) is 4. The summed E-state index contributed by atoms with van der Waals surface area (Å²) in [6.45, 7) is 2.77. The van der Waals surface area contributed by atoms with E-state index in [1.54, 1.807) is 30.3 Å². The monoisotopic (exact) mass is 377 g/mol. The van der Waals surface area contributed by atoms with Gasteiger partial charge in [0.1, 0.15) is 22.9 Å². The van der Waals surface area contributed by atoms with Crippen molar-refractivity contribution in [3.05, 3.63) is 65.4 Å². The number of H-pyrrole nitrogens is 1. The van der Waals surface area contributed by atoms with Gasteiger partial charge in [0.05, 0.1) is 6.04 Å². The summed E-state index contributed by atoms with van der Waals surface area (Å²) in [5.41, 5.74) is 3.31. The molecule has 0 fully saturated rings. The van der Waals surface area contributed by atoms with E-state index < -0.39 is 0 Å². The number of hydrogen-bond donors (Lipinski definition) is 3. The number of nitrogens with zero attached hydrogens (tertiary/aromatic N) is 2. The maximum atomic E-state index is 13.1. The van der Waals surface area contributed by atoms with Crippen LogP contribution in [-0.4, -0.2) is 37.8 Å². The molecule has 0 saturated carbocycles. The van der Waals surface area contributed by atoms with Crippen molar-refractivity contribution in [3.8, 4) is 22.8 Å². The van der Waals surface area contributed by atoms with Crippen molar-refractivity contribution in [2.45, 2.75) is 32.2 Å². The van der Waals surface area contributed by atoms with E-state index in [1.165, 1.54) is 0 Å². The third-order valence-electron chi connectivity index (χ3n) is 5.23. The van der Waals surface area contributed by atoms with Gasteiger partial charge in [0.2, 0.25) is 0 Å². The van der Waals surface area contributed by atoms with Gasteiger partial charge in [-0.15, -0.1) is 0 Å². The molecule has 6 nitrogen and oxygen atoms in total.